The molecular weight excluding hydrogens is 455 g/mol. The van der Waals surface area contributed by atoms with Gasteiger partial charge in [0.05, 0.1) is 16.8 Å². The van der Waals surface area contributed by atoms with Crippen molar-refractivity contribution in [1.82, 2.24) is 0 Å². The summed E-state index contributed by atoms with van der Waals surface area (Å²) < 4.78 is 12.0. The molecule has 0 atom stereocenters. The Hall–Kier alpha value is -1.88. The van der Waals surface area contributed by atoms with E-state index in [0.717, 1.165) is 18.4 Å². The quantitative estimate of drug-likeness (QED) is 0.293. The van der Waals surface area contributed by atoms with Crippen LogP contribution in [0.4, 0.5) is 0 Å². The molecule has 0 fully saturated rings. The van der Waals surface area contributed by atoms with Gasteiger partial charge < -0.3 is 14.5 Å². The van der Waals surface area contributed by atoms with Gasteiger partial charge in [-0.15, -0.1) is 0 Å². The van der Waals surface area contributed by atoms with Gasteiger partial charge in [0, 0.05) is 12.5 Å². The highest BCUT2D eigenvalue weighted by Crippen LogP contribution is 2.40. The number of hydrogen-bond acceptors (Lipinski definition) is 3. The molecule has 0 aliphatic heterocycles. The lowest BCUT2D eigenvalue weighted by Gasteiger charge is -2.40. The summed E-state index contributed by atoms with van der Waals surface area (Å²) in [5.74, 6) is 0. The summed E-state index contributed by atoms with van der Waals surface area (Å²) in [5.41, 5.74) is 5.97. The summed E-state index contributed by atoms with van der Waals surface area (Å²) in [5, 5.41) is 10.7. The van der Waals surface area contributed by atoms with E-state index < -0.39 is 11.2 Å². The molecule has 2 rings (SSSR count). The summed E-state index contributed by atoms with van der Waals surface area (Å²) in [4.78, 5) is 0. The van der Waals surface area contributed by atoms with Crippen molar-refractivity contribution in [3.63, 3.8) is 0 Å². The molecule has 4 heteroatoms. The molecule has 0 spiro atoms. The second-order valence-electron chi connectivity index (χ2n) is 11.7. The number of rotatable bonds is 13. The van der Waals surface area contributed by atoms with Crippen molar-refractivity contribution >= 4 is 19.0 Å². The van der Waals surface area contributed by atoms with Crippen LogP contribution in [0.2, 0.25) is 0 Å². The molecule has 0 heterocycles. The minimum absolute atomic E-state index is 0.0535. The van der Waals surface area contributed by atoms with Crippen LogP contribution >= 0.6 is 0 Å². The molecule has 0 aliphatic rings. The van der Waals surface area contributed by atoms with Crippen LogP contribution in [0.5, 0.6) is 0 Å². The molecule has 1 N–H and O–H groups in total. The summed E-state index contributed by atoms with van der Waals surface area (Å²) in [7, 11) is 2.29. The van der Waals surface area contributed by atoms with Gasteiger partial charge in [0.25, 0.3) is 0 Å². The topological polar surface area (TPSA) is 38.7 Å². The van der Waals surface area contributed by atoms with E-state index in [4.69, 9.17) is 9.39 Å². The van der Waals surface area contributed by atoms with Gasteiger partial charge in [-0.3, -0.25) is 0 Å². The number of methoxy groups -OCH3 is 1. The van der Waals surface area contributed by atoms with E-state index in [1.54, 1.807) is 7.11 Å². The van der Waals surface area contributed by atoms with E-state index in [0.29, 0.717) is 20.3 Å². The van der Waals surface area contributed by atoms with Crippen LogP contribution in [0, 0.1) is 13.8 Å². The van der Waals surface area contributed by atoms with Crippen molar-refractivity contribution in [3.8, 4) is 0 Å². The maximum atomic E-state index is 10.7. The van der Waals surface area contributed by atoms with Gasteiger partial charge in [-0.05, 0) is 94.9 Å². The average molecular weight is 507 g/mol. The Morgan fingerprint density at radius 2 is 1.32 bits per heavy atom. The van der Waals surface area contributed by atoms with Gasteiger partial charge in [-0.2, -0.15) is 0 Å². The summed E-state index contributed by atoms with van der Waals surface area (Å²) in [6.07, 6.45) is 7.52. The molecule has 0 saturated carbocycles. The number of hydrogen-bond donors (Lipinski definition) is 1. The number of ether oxygens (including phenoxy) is 1. The van der Waals surface area contributed by atoms with Gasteiger partial charge >= 0.3 is 7.48 Å². The van der Waals surface area contributed by atoms with Crippen LogP contribution < -0.4 is 5.46 Å². The highest BCUT2D eigenvalue weighted by atomic mass is 16.5. The highest BCUT2D eigenvalue weighted by molar-refractivity contribution is 6.47. The van der Waals surface area contributed by atoms with Gasteiger partial charge in [-0.1, -0.05) is 81.8 Å². The van der Waals surface area contributed by atoms with Crippen LogP contribution in [-0.4, -0.2) is 36.5 Å². The summed E-state index contributed by atoms with van der Waals surface area (Å²) >= 11 is 0. The standard InChI is InChI=1S/C33H51BO3/c1-12-32(35,13-2)21-20-26-16-17-27(22-24(26)5)33(14-3,15-4)28-18-19-29(25(6)23-28)34-37-31(9,10)30(7,8)36-11/h16-23,34-35H,12-15H2,1-11H3/b21-20+. The molecule has 0 bridgehead atoms. The molecular formula is C33H51BO3. The summed E-state index contributed by atoms with van der Waals surface area (Å²) in [6.45, 7) is 21.3. The number of aryl methyl sites for hydroxylation is 2. The predicted octanol–water partition coefficient (Wildman–Crippen LogP) is 7.17. The van der Waals surface area contributed by atoms with Crippen molar-refractivity contribution < 1.29 is 14.5 Å². The third-order valence-electron chi connectivity index (χ3n) is 9.27. The third kappa shape index (κ3) is 6.77. The van der Waals surface area contributed by atoms with Crippen molar-refractivity contribution in [1.29, 1.82) is 0 Å². The van der Waals surface area contributed by atoms with Crippen molar-refractivity contribution in [2.24, 2.45) is 0 Å². The van der Waals surface area contributed by atoms with Crippen LogP contribution in [0.25, 0.3) is 6.08 Å². The SMILES string of the molecule is CCC(O)(/C=C/c1ccc(C(CC)(CC)c2ccc(BOC(C)(C)C(C)(C)OC)c(C)c2)cc1C)CC. The molecule has 2 aromatic carbocycles. The van der Waals surface area contributed by atoms with E-state index in [2.05, 4.69) is 97.9 Å². The predicted molar refractivity (Wildman–Crippen MR) is 161 cm³/mol. The lowest BCUT2D eigenvalue weighted by molar-refractivity contribution is -0.114. The fraction of sp³-hybridized carbons (Fsp3) is 0.576. The van der Waals surface area contributed by atoms with E-state index in [-0.39, 0.29) is 11.0 Å². The Morgan fingerprint density at radius 1 is 0.784 bits per heavy atom. The fourth-order valence-electron chi connectivity index (χ4n) is 4.96. The van der Waals surface area contributed by atoms with E-state index >= 15 is 0 Å². The number of benzene rings is 2. The summed E-state index contributed by atoms with van der Waals surface area (Å²) in [6, 6.07) is 13.7. The molecule has 0 aromatic heterocycles. The zero-order chi connectivity index (χ0) is 28.1. The first-order chi connectivity index (χ1) is 17.2. The molecule has 0 saturated heterocycles. The van der Waals surface area contributed by atoms with Gasteiger partial charge in [0.2, 0.25) is 0 Å². The Bertz CT molecular complexity index is 1060. The lowest BCUT2D eigenvalue weighted by atomic mass is 9.68. The van der Waals surface area contributed by atoms with Gasteiger partial charge in [-0.25, -0.2) is 0 Å². The second kappa shape index (κ2) is 12.3. The van der Waals surface area contributed by atoms with Gasteiger partial charge in [0.15, 0.2) is 0 Å². The molecule has 204 valence electrons. The molecule has 2 aromatic rings. The van der Waals surface area contributed by atoms with Crippen molar-refractivity contribution in [3.05, 3.63) is 70.3 Å². The Morgan fingerprint density at radius 3 is 1.78 bits per heavy atom. The van der Waals surface area contributed by atoms with Crippen LogP contribution in [0.3, 0.4) is 0 Å². The molecule has 0 radical (unpaired) electrons. The zero-order valence-electron chi connectivity index (χ0n) is 25.4. The normalized spacial score (nSPS) is 13.4. The van der Waals surface area contributed by atoms with E-state index in [1.165, 1.54) is 27.7 Å². The zero-order valence-corrected chi connectivity index (χ0v) is 25.4. The molecule has 0 amide bonds. The number of aliphatic hydroxyl groups is 1. The fourth-order valence-corrected chi connectivity index (χ4v) is 4.96. The average Bonchev–Trinajstić information content (AvgIpc) is 2.88. The van der Waals surface area contributed by atoms with Crippen LogP contribution in [0.15, 0.2) is 42.5 Å². The van der Waals surface area contributed by atoms with Crippen molar-refractivity contribution in [2.75, 3.05) is 7.11 Å². The third-order valence-corrected chi connectivity index (χ3v) is 9.27. The second-order valence-corrected chi connectivity index (χ2v) is 11.7. The molecule has 3 nitrogen and oxygen atoms in total. The van der Waals surface area contributed by atoms with E-state index in [9.17, 15) is 5.11 Å². The molecule has 37 heavy (non-hydrogen) atoms. The Balaban J connectivity index is 2.39. The van der Waals surface area contributed by atoms with Crippen LogP contribution in [-0.2, 0) is 14.8 Å². The van der Waals surface area contributed by atoms with Crippen LogP contribution in [0.1, 0.15) is 109 Å². The van der Waals surface area contributed by atoms with E-state index in [1.807, 2.05) is 19.9 Å². The Kier molecular flexibility index (Phi) is 10.4. The maximum Gasteiger partial charge on any atom is 0.309 e. The first-order valence-corrected chi connectivity index (χ1v) is 14.1. The first-order valence-electron chi connectivity index (χ1n) is 14.1. The lowest BCUT2D eigenvalue weighted by Crippen LogP contribution is -2.50. The van der Waals surface area contributed by atoms with Crippen molar-refractivity contribution in [2.45, 2.75) is 117 Å². The highest BCUT2D eigenvalue weighted by Gasteiger charge is 2.38. The minimum atomic E-state index is -0.737. The molecule has 0 unspecified atom stereocenters. The first kappa shape index (κ1) is 31.3. The maximum absolute atomic E-state index is 10.7. The minimum Gasteiger partial charge on any atom is -0.427 e. The Labute approximate surface area is 228 Å². The van der Waals surface area contributed by atoms with Gasteiger partial charge in [0.1, 0.15) is 0 Å². The smallest absolute Gasteiger partial charge is 0.309 e. The monoisotopic (exact) mass is 506 g/mol. The largest absolute Gasteiger partial charge is 0.427 e. The molecule has 0 aliphatic carbocycles.